The Morgan fingerprint density at radius 2 is 1.47 bits per heavy atom. The Balaban J connectivity index is 2.11. The predicted molar refractivity (Wildman–Crippen MR) is 119 cm³/mol. The number of aromatic nitrogens is 1. The molecule has 0 aliphatic carbocycles. The summed E-state index contributed by atoms with van der Waals surface area (Å²) in [4.78, 5) is 15.8. The Morgan fingerprint density at radius 1 is 0.900 bits per heavy atom. The number of aliphatic hydroxyl groups is 1. The lowest BCUT2D eigenvalue weighted by molar-refractivity contribution is 0.250. The highest BCUT2D eigenvalue weighted by Gasteiger charge is 2.28. The number of nitrogens with one attached hydrogen (secondary N) is 1. The topological polar surface area (TPSA) is 90.5 Å². The maximum Gasteiger partial charge on any atom is 0.252 e. The Labute approximate surface area is 177 Å². The summed E-state index contributed by atoms with van der Waals surface area (Å²) < 4.78 is 28.1. The zero-order chi connectivity index (χ0) is 22.2. The lowest BCUT2D eigenvalue weighted by Gasteiger charge is -2.24. The summed E-state index contributed by atoms with van der Waals surface area (Å²) in [6, 6.07) is 9.31. The van der Waals surface area contributed by atoms with Crippen LogP contribution in [0.15, 0.2) is 40.0 Å². The molecule has 0 amide bonds. The number of sulfonamides is 1. The van der Waals surface area contributed by atoms with Crippen LogP contribution in [-0.4, -0.2) is 36.0 Å². The Morgan fingerprint density at radius 3 is 2.07 bits per heavy atom. The first-order valence-electron chi connectivity index (χ1n) is 9.86. The van der Waals surface area contributed by atoms with Crippen molar-refractivity contribution in [2.24, 2.45) is 0 Å². The molecule has 0 radical (unpaired) electrons. The standard InChI is InChI=1S/C23H28N2O4S/c1-14-9-17(4)22(18(5)10-14)30(28,29)25(6-7-26)13-19-12-20-16(3)8-15(2)11-21(20)24-23(19)27/h8-12,26H,6-7,13H2,1-5H3,(H,24,27). The van der Waals surface area contributed by atoms with E-state index in [1.807, 2.05) is 45.0 Å². The minimum atomic E-state index is -3.91. The summed E-state index contributed by atoms with van der Waals surface area (Å²) in [5.41, 5.74) is 5.06. The van der Waals surface area contributed by atoms with E-state index >= 15 is 0 Å². The number of hydrogen-bond donors (Lipinski definition) is 2. The number of aromatic amines is 1. The number of rotatable bonds is 6. The molecule has 1 heterocycles. The highest BCUT2D eigenvalue weighted by molar-refractivity contribution is 7.89. The third kappa shape index (κ3) is 4.19. The molecule has 0 unspecified atom stereocenters. The quantitative estimate of drug-likeness (QED) is 0.631. The molecular weight excluding hydrogens is 400 g/mol. The van der Waals surface area contributed by atoms with Crippen LogP contribution in [0.1, 0.15) is 33.4 Å². The van der Waals surface area contributed by atoms with Crippen LogP contribution in [0.2, 0.25) is 0 Å². The van der Waals surface area contributed by atoms with Gasteiger partial charge in [-0.05, 0) is 69.0 Å². The Kier molecular flexibility index (Phi) is 6.17. The molecule has 0 atom stereocenters. The number of H-pyrrole nitrogens is 1. The fraction of sp³-hybridized carbons (Fsp3) is 0.348. The van der Waals surface area contributed by atoms with Gasteiger partial charge in [0, 0.05) is 29.6 Å². The maximum absolute atomic E-state index is 13.5. The van der Waals surface area contributed by atoms with Gasteiger partial charge in [0.2, 0.25) is 10.0 Å². The van der Waals surface area contributed by atoms with Gasteiger partial charge < -0.3 is 10.1 Å². The fourth-order valence-electron chi connectivity index (χ4n) is 4.12. The lowest BCUT2D eigenvalue weighted by Crippen LogP contribution is -2.35. The van der Waals surface area contributed by atoms with Gasteiger partial charge in [0.1, 0.15) is 0 Å². The summed E-state index contributed by atoms with van der Waals surface area (Å²) in [5.74, 6) is 0. The smallest absolute Gasteiger partial charge is 0.252 e. The van der Waals surface area contributed by atoms with E-state index in [1.165, 1.54) is 4.31 Å². The number of aryl methyl sites for hydroxylation is 5. The predicted octanol–water partition coefficient (Wildman–Crippen LogP) is 3.25. The number of hydrogen-bond acceptors (Lipinski definition) is 4. The molecule has 3 aromatic rings. The molecule has 1 aromatic heterocycles. The van der Waals surface area contributed by atoms with Crippen molar-refractivity contribution in [1.82, 2.24) is 9.29 Å². The van der Waals surface area contributed by atoms with Gasteiger partial charge in [-0.1, -0.05) is 23.8 Å². The van der Waals surface area contributed by atoms with E-state index in [1.54, 1.807) is 19.9 Å². The molecule has 3 rings (SSSR count). The lowest BCUT2D eigenvalue weighted by atomic mass is 10.0. The summed E-state index contributed by atoms with van der Waals surface area (Å²) in [6.45, 7) is 8.80. The SMILES string of the molecule is Cc1cc(C)c(S(=O)(=O)N(CCO)Cc2cc3c(C)cc(C)cc3[nH]c2=O)c(C)c1. The molecule has 0 saturated heterocycles. The van der Waals surface area contributed by atoms with Crippen LogP contribution < -0.4 is 5.56 Å². The molecule has 0 saturated carbocycles. The molecule has 0 fully saturated rings. The molecule has 7 heteroatoms. The highest BCUT2D eigenvalue weighted by atomic mass is 32.2. The molecule has 2 aromatic carbocycles. The van der Waals surface area contributed by atoms with Gasteiger partial charge >= 0.3 is 0 Å². The van der Waals surface area contributed by atoms with Crippen LogP contribution >= 0.6 is 0 Å². The van der Waals surface area contributed by atoms with Crippen molar-refractivity contribution in [2.45, 2.75) is 46.1 Å². The Bertz CT molecular complexity index is 1250. The second kappa shape index (κ2) is 8.34. The van der Waals surface area contributed by atoms with Crippen LogP contribution in [0, 0.1) is 34.6 Å². The van der Waals surface area contributed by atoms with Crippen molar-refractivity contribution >= 4 is 20.9 Å². The average molecular weight is 429 g/mol. The monoisotopic (exact) mass is 428 g/mol. The van der Waals surface area contributed by atoms with E-state index in [0.29, 0.717) is 16.7 Å². The number of nitrogens with zero attached hydrogens (tertiary/aromatic N) is 1. The highest BCUT2D eigenvalue weighted by Crippen LogP contribution is 2.26. The first-order chi connectivity index (χ1) is 14.0. The number of pyridine rings is 1. The van der Waals surface area contributed by atoms with Crippen LogP contribution in [0.3, 0.4) is 0 Å². The molecule has 0 spiro atoms. The van der Waals surface area contributed by atoms with Crippen molar-refractivity contribution in [3.63, 3.8) is 0 Å². The van der Waals surface area contributed by atoms with Crippen molar-refractivity contribution in [3.05, 3.63) is 74.1 Å². The zero-order valence-corrected chi connectivity index (χ0v) is 18.9. The first kappa shape index (κ1) is 22.2. The van der Waals surface area contributed by atoms with E-state index in [9.17, 15) is 18.3 Å². The normalized spacial score (nSPS) is 12.1. The van der Waals surface area contributed by atoms with Gasteiger partial charge in [-0.3, -0.25) is 4.79 Å². The van der Waals surface area contributed by atoms with E-state index in [2.05, 4.69) is 4.98 Å². The van der Waals surface area contributed by atoms with Gasteiger partial charge in [0.15, 0.2) is 0 Å². The summed E-state index contributed by atoms with van der Waals surface area (Å²) in [5, 5.41) is 10.4. The van der Waals surface area contributed by atoms with Gasteiger partial charge in [0.25, 0.3) is 5.56 Å². The van der Waals surface area contributed by atoms with Crippen LogP contribution in [0.4, 0.5) is 0 Å². The molecule has 0 aliphatic heterocycles. The third-order valence-electron chi connectivity index (χ3n) is 5.29. The van der Waals surface area contributed by atoms with Gasteiger partial charge in [-0.25, -0.2) is 8.42 Å². The molecule has 30 heavy (non-hydrogen) atoms. The first-order valence-corrected chi connectivity index (χ1v) is 11.3. The summed E-state index contributed by atoms with van der Waals surface area (Å²) in [6.07, 6.45) is 0. The van der Waals surface area contributed by atoms with Crippen molar-refractivity contribution in [2.75, 3.05) is 13.2 Å². The largest absolute Gasteiger partial charge is 0.395 e. The van der Waals surface area contributed by atoms with E-state index in [-0.39, 0.29) is 30.2 Å². The van der Waals surface area contributed by atoms with Crippen molar-refractivity contribution < 1.29 is 13.5 Å². The molecular formula is C23H28N2O4S. The fourth-order valence-corrected chi connectivity index (χ4v) is 5.94. The number of fused-ring (bicyclic) bond motifs is 1. The third-order valence-corrected chi connectivity index (χ3v) is 7.44. The number of aliphatic hydroxyl groups excluding tert-OH is 1. The minimum Gasteiger partial charge on any atom is -0.395 e. The van der Waals surface area contributed by atoms with Crippen LogP contribution in [-0.2, 0) is 16.6 Å². The van der Waals surface area contributed by atoms with Gasteiger partial charge in [0.05, 0.1) is 11.5 Å². The van der Waals surface area contributed by atoms with Gasteiger partial charge in [-0.2, -0.15) is 4.31 Å². The second-order valence-electron chi connectivity index (χ2n) is 7.96. The number of benzene rings is 2. The van der Waals surface area contributed by atoms with E-state index in [4.69, 9.17) is 0 Å². The summed E-state index contributed by atoms with van der Waals surface area (Å²) in [7, 11) is -3.91. The zero-order valence-electron chi connectivity index (χ0n) is 18.0. The molecule has 6 nitrogen and oxygen atoms in total. The molecule has 160 valence electrons. The molecule has 2 N–H and O–H groups in total. The average Bonchev–Trinajstić information content (AvgIpc) is 2.60. The van der Waals surface area contributed by atoms with Crippen molar-refractivity contribution in [3.8, 4) is 0 Å². The van der Waals surface area contributed by atoms with E-state index in [0.717, 1.165) is 27.6 Å². The van der Waals surface area contributed by atoms with E-state index < -0.39 is 10.0 Å². The van der Waals surface area contributed by atoms with Gasteiger partial charge in [-0.15, -0.1) is 0 Å². The second-order valence-corrected chi connectivity index (χ2v) is 9.83. The molecule has 0 bridgehead atoms. The summed E-state index contributed by atoms with van der Waals surface area (Å²) >= 11 is 0. The Hall–Kier alpha value is -2.48. The molecule has 0 aliphatic rings. The van der Waals surface area contributed by atoms with Crippen LogP contribution in [0.25, 0.3) is 10.9 Å². The minimum absolute atomic E-state index is 0.0978. The van der Waals surface area contributed by atoms with Crippen molar-refractivity contribution in [1.29, 1.82) is 0 Å². The maximum atomic E-state index is 13.5. The van der Waals surface area contributed by atoms with Crippen LogP contribution in [0.5, 0.6) is 0 Å².